The lowest BCUT2D eigenvalue weighted by molar-refractivity contribution is 0.326. The van der Waals surface area contributed by atoms with E-state index in [1.165, 1.54) is 0 Å². The molecule has 0 radical (unpaired) electrons. The first-order valence-electron chi connectivity index (χ1n) is 4.33. The molecular weight excluding hydrogens is 198 g/mol. The summed E-state index contributed by atoms with van der Waals surface area (Å²) in [5.41, 5.74) is 1.12. The van der Waals surface area contributed by atoms with Crippen molar-refractivity contribution in [1.82, 2.24) is 0 Å². The normalized spacial score (nSPS) is 20.1. The lowest BCUT2D eigenvalue weighted by Crippen LogP contribution is -1.97. The minimum absolute atomic E-state index is 0.0772. The van der Waals surface area contributed by atoms with Crippen molar-refractivity contribution in [3.05, 3.63) is 29.8 Å². The third-order valence-electron chi connectivity index (χ3n) is 2.14. The van der Waals surface area contributed by atoms with E-state index in [-0.39, 0.29) is 6.04 Å². The predicted octanol–water partition coefficient (Wildman–Crippen LogP) is 2.05. The van der Waals surface area contributed by atoms with Gasteiger partial charge in [-0.15, -0.1) is 0 Å². The fraction of sp³-hybridized carbons (Fsp3) is 0.300. The number of nitrogens with zero attached hydrogens (tertiary/aromatic N) is 1. The number of methoxy groups -OCH3 is 1. The fourth-order valence-electron chi connectivity index (χ4n) is 1.36. The molecule has 1 atom stereocenters. The Morgan fingerprint density at radius 2 is 2.14 bits per heavy atom. The van der Waals surface area contributed by atoms with Gasteiger partial charge in [-0.3, -0.25) is 0 Å². The monoisotopic (exact) mass is 209 g/mol. The summed E-state index contributed by atoms with van der Waals surface area (Å²) in [6.45, 7) is 0.575. The summed E-state index contributed by atoms with van der Waals surface area (Å²) >= 11 is 4.04. The summed E-state index contributed by atoms with van der Waals surface area (Å²) in [5.74, 6) is 0.850. The summed E-state index contributed by atoms with van der Waals surface area (Å²) in [4.78, 5) is 4.23. The first kappa shape index (κ1) is 9.40. The Morgan fingerprint density at radius 1 is 1.43 bits per heavy atom. The molecule has 1 aromatic rings. The zero-order valence-electron chi connectivity index (χ0n) is 7.80. The van der Waals surface area contributed by atoms with E-state index in [9.17, 15) is 0 Å². The van der Waals surface area contributed by atoms with Crippen molar-refractivity contribution >= 4 is 17.9 Å². The maximum Gasteiger partial charge on any atom is 0.243 e. The Labute approximate surface area is 88.2 Å². The number of thiol groups is 1. The molecule has 0 aliphatic carbocycles. The van der Waals surface area contributed by atoms with Gasteiger partial charge in [-0.25, -0.2) is 4.99 Å². The van der Waals surface area contributed by atoms with E-state index >= 15 is 0 Å². The molecule has 0 aromatic heterocycles. The summed E-state index contributed by atoms with van der Waals surface area (Å²) in [7, 11) is 1.65. The van der Waals surface area contributed by atoms with Crippen molar-refractivity contribution in [1.29, 1.82) is 0 Å². The van der Waals surface area contributed by atoms with Gasteiger partial charge in [0.1, 0.15) is 18.4 Å². The molecule has 0 saturated heterocycles. The van der Waals surface area contributed by atoms with Crippen LogP contribution in [-0.2, 0) is 4.74 Å². The Bertz CT molecular complexity index is 348. The van der Waals surface area contributed by atoms with Crippen LogP contribution in [-0.4, -0.2) is 18.9 Å². The average Bonchev–Trinajstić information content (AvgIpc) is 2.65. The SMILES string of the molecule is COc1ccc([C@H]2COC(S)=N2)cc1. The van der Waals surface area contributed by atoms with E-state index in [1.807, 2.05) is 24.3 Å². The number of ether oxygens (including phenoxy) is 2. The highest BCUT2D eigenvalue weighted by molar-refractivity contribution is 7.96. The highest BCUT2D eigenvalue weighted by atomic mass is 32.1. The molecule has 1 aliphatic heterocycles. The molecule has 1 aromatic carbocycles. The van der Waals surface area contributed by atoms with E-state index in [0.717, 1.165) is 11.3 Å². The molecule has 0 fully saturated rings. The second-order valence-electron chi connectivity index (χ2n) is 3.01. The minimum atomic E-state index is 0.0772. The van der Waals surface area contributed by atoms with Gasteiger partial charge in [-0.05, 0) is 17.7 Å². The average molecular weight is 209 g/mol. The Balaban J connectivity index is 2.17. The summed E-state index contributed by atoms with van der Waals surface area (Å²) in [6.07, 6.45) is 0. The molecule has 0 unspecified atom stereocenters. The van der Waals surface area contributed by atoms with Gasteiger partial charge in [0.25, 0.3) is 0 Å². The van der Waals surface area contributed by atoms with Crippen LogP contribution in [0.4, 0.5) is 0 Å². The molecule has 0 N–H and O–H groups in total. The van der Waals surface area contributed by atoms with Gasteiger partial charge >= 0.3 is 0 Å². The lowest BCUT2D eigenvalue weighted by Gasteiger charge is -2.06. The molecule has 14 heavy (non-hydrogen) atoms. The molecule has 0 saturated carbocycles. The third kappa shape index (κ3) is 1.85. The largest absolute Gasteiger partial charge is 0.497 e. The predicted molar refractivity (Wildman–Crippen MR) is 58.1 cm³/mol. The number of rotatable bonds is 2. The standard InChI is InChI=1S/C10H11NO2S/c1-12-8-4-2-7(3-5-8)9-6-13-10(14)11-9/h2-5,9H,6H2,1H3,(H,11,14)/t9-/m1/s1. The second-order valence-corrected chi connectivity index (χ2v) is 3.39. The van der Waals surface area contributed by atoms with Crippen LogP contribution in [0.25, 0.3) is 0 Å². The highest BCUT2D eigenvalue weighted by Crippen LogP contribution is 2.25. The molecule has 1 heterocycles. The van der Waals surface area contributed by atoms with Crippen molar-refractivity contribution in [3.8, 4) is 5.75 Å². The smallest absolute Gasteiger partial charge is 0.243 e. The van der Waals surface area contributed by atoms with Crippen LogP contribution in [0.2, 0.25) is 0 Å². The van der Waals surface area contributed by atoms with Gasteiger partial charge < -0.3 is 9.47 Å². The molecule has 3 nitrogen and oxygen atoms in total. The van der Waals surface area contributed by atoms with Gasteiger partial charge in [-0.1, -0.05) is 24.8 Å². The lowest BCUT2D eigenvalue weighted by atomic mass is 10.1. The summed E-state index contributed by atoms with van der Waals surface area (Å²) in [5, 5.41) is 0.464. The first-order chi connectivity index (χ1) is 6.79. The van der Waals surface area contributed by atoms with Crippen LogP contribution in [0.5, 0.6) is 5.75 Å². The van der Waals surface area contributed by atoms with E-state index in [2.05, 4.69) is 17.6 Å². The van der Waals surface area contributed by atoms with Crippen LogP contribution in [0.15, 0.2) is 29.3 Å². The van der Waals surface area contributed by atoms with Crippen molar-refractivity contribution in [3.63, 3.8) is 0 Å². The van der Waals surface area contributed by atoms with E-state index in [0.29, 0.717) is 11.8 Å². The Kier molecular flexibility index (Phi) is 2.63. The number of aliphatic imine (C=N–C) groups is 1. The Hall–Kier alpha value is -1.16. The van der Waals surface area contributed by atoms with Gasteiger partial charge in [0, 0.05) is 0 Å². The van der Waals surface area contributed by atoms with Crippen molar-refractivity contribution in [2.24, 2.45) is 4.99 Å². The van der Waals surface area contributed by atoms with Crippen molar-refractivity contribution in [2.75, 3.05) is 13.7 Å². The first-order valence-corrected chi connectivity index (χ1v) is 4.78. The minimum Gasteiger partial charge on any atom is -0.497 e. The third-order valence-corrected chi connectivity index (χ3v) is 2.38. The molecule has 74 valence electrons. The zero-order chi connectivity index (χ0) is 9.97. The molecule has 0 amide bonds. The summed E-state index contributed by atoms with van der Waals surface area (Å²) in [6, 6.07) is 7.89. The topological polar surface area (TPSA) is 30.8 Å². The molecule has 0 spiro atoms. The maximum absolute atomic E-state index is 5.16. The molecular formula is C10H11NO2S. The molecule has 4 heteroatoms. The van der Waals surface area contributed by atoms with Gasteiger partial charge in [0.2, 0.25) is 5.23 Å². The van der Waals surface area contributed by atoms with E-state index in [1.54, 1.807) is 7.11 Å². The van der Waals surface area contributed by atoms with Crippen LogP contribution in [0.1, 0.15) is 11.6 Å². The van der Waals surface area contributed by atoms with E-state index in [4.69, 9.17) is 9.47 Å². The Morgan fingerprint density at radius 3 is 2.64 bits per heavy atom. The highest BCUT2D eigenvalue weighted by Gasteiger charge is 2.18. The van der Waals surface area contributed by atoms with Gasteiger partial charge in [0.05, 0.1) is 7.11 Å². The zero-order valence-corrected chi connectivity index (χ0v) is 8.70. The fourth-order valence-corrected chi connectivity index (χ4v) is 1.57. The van der Waals surface area contributed by atoms with Crippen molar-refractivity contribution < 1.29 is 9.47 Å². The van der Waals surface area contributed by atoms with E-state index < -0.39 is 0 Å². The van der Waals surface area contributed by atoms with Crippen LogP contribution >= 0.6 is 12.6 Å². The van der Waals surface area contributed by atoms with Crippen LogP contribution in [0, 0.1) is 0 Å². The molecule has 0 bridgehead atoms. The van der Waals surface area contributed by atoms with Gasteiger partial charge in [0.15, 0.2) is 0 Å². The number of hydrogen-bond acceptors (Lipinski definition) is 3. The second kappa shape index (κ2) is 3.92. The maximum atomic E-state index is 5.16. The summed E-state index contributed by atoms with van der Waals surface area (Å²) < 4.78 is 10.2. The number of benzene rings is 1. The van der Waals surface area contributed by atoms with Crippen molar-refractivity contribution in [2.45, 2.75) is 6.04 Å². The van der Waals surface area contributed by atoms with Crippen LogP contribution in [0.3, 0.4) is 0 Å². The molecule has 2 rings (SSSR count). The van der Waals surface area contributed by atoms with Gasteiger partial charge in [-0.2, -0.15) is 0 Å². The molecule has 1 aliphatic rings. The number of hydrogen-bond donors (Lipinski definition) is 1. The quantitative estimate of drug-likeness (QED) is 0.756. The van der Waals surface area contributed by atoms with Crippen LogP contribution < -0.4 is 4.74 Å².